The number of nitrogens with zero attached hydrogens (tertiary/aromatic N) is 3. The molecule has 1 unspecified atom stereocenters. The van der Waals surface area contributed by atoms with Crippen molar-refractivity contribution in [2.75, 3.05) is 24.5 Å². The van der Waals surface area contributed by atoms with Gasteiger partial charge in [0.1, 0.15) is 0 Å². The van der Waals surface area contributed by atoms with E-state index >= 15 is 0 Å². The Balaban J connectivity index is 2.69. The van der Waals surface area contributed by atoms with Gasteiger partial charge in [-0.2, -0.15) is 0 Å². The molecule has 1 atom stereocenters. The van der Waals surface area contributed by atoms with Gasteiger partial charge in [0.15, 0.2) is 0 Å². The molecule has 0 saturated heterocycles. The van der Waals surface area contributed by atoms with Crippen LogP contribution in [0.4, 0.5) is 5.95 Å². The van der Waals surface area contributed by atoms with Crippen molar-refractivity contribution in [3.63, 3.8) is 0 Å². The van der Waals surface area contributed by atoms with Crippen LogP contribution in [0.25, 0.3) is 0 Å². The van der Waals surface area contributed by atoms with Crippen molar-refractivity contribution < 1.29 is 0 Å². The number of hydrogen-bond acceptors (Lipinski definition) is 4. The van der Waals surface area contributed by atoms with Crippen LogP contribution >= 0.6 is 15.9 Å². The first-order chi connectivity index (χ1) is 7.17. The molecule has 0 aliphatic carbocycles. The minimum Gasteiger partial charge on any atom is -0.341 e. The van der Waals surface area contributed by atoms with Gasteiger partial charge in [-0.05, 0) is 35.3 Å². The van der Waals surface area contributed by atoms with Crippen LogP contribution < -0.4 is 10.6 Å². The summed E-state index contributed by atoms with van der Waals surface area (Å²) in [6.45, 7) is 6.70. The fourth-order valence-electron chi connectivity index (χ4n) is 1.27. The smallest absolute Gasteiger partial charge is 0.225 e. The molecule has 2 N–H and O–H groups in total. The van der Waals surface area contributed by atoms with Crippen molar-refractivity contribution in [3.8, 4) is 0 Å². The number of anilines is 1. The van der Waals surface area contributed by atoms with Gasteiger partial charge >= 0.3 is 0 Å². The van der Waals surface area contributed by atoms with Gasteiger partial charge in [-0.15, -0.1) is 0 Å². The average Bonchev–Trinajstić information content (AvgIpc) is 2.27. The zero-order chi connectivity index (χ0) is 11.3. The molecule has 0 aliphatic heterocycles. The molecule has 0 radical (unpaired) electrons. The Morgan fingerprint density at radius 2 is 2.07 bits per heavy atom. The Morgan fingerprint density at radius 1 is 1.47 bits per heavy atom. The van der Waals surface area contributed by atoms with E-state index in [-0.39, 0.29) is 0 Å². The van der Waals surface area contributed by atoms with E-state index < -0.39 is 0 Å². The van der Waals surface area contributed by atoms with Crippen molar-refractivity contribution in [2.24, 2.45) is 11.7 Å². The second-order valence-electron chi connectivity index (χ2n) is 3.58. The van der Waals surface area contributed by atoms with Gasteiger partial charge < -0.3 is 10.6 Å². The summed E-state index contributed by atoms with van der Waals surface area (Å²) in [7, 11) is 0. The highest BCUT2D eigenvalue weighted by atomic mass is 79.9. The minimum atomic E-state index is 0.456. The Morgan fingerprint density at radius 3 is 2.53 bits per heavy atom. The van der Waals surface area contributed by atoms with E-state index in [2.05, 4.69) is 44.6 Å². The fourth-order valence-corrected chi connectivity index (χ4v) is 1.48. The molecule has 0 aliphatic rings. The Kier molecular flexibility index (Phi) is 4.98. The number of nitrogens with two attached hydrogens (primary N) is 1. The van der Waals surface area contributed by atoms with Crippen LogP contribution in [0, 0.1) is 5.92 Å². The molecule has 0 aromatic carbocycles. The molecule has 1 rings (SSSR count). The maximum atomic E-state index is 5.60. The monoisotopic (exact) mass is 272 g/mol. The fraction of sp³-hybridized carbons (Fsp3) is 0.600. The molecule has 1 heterocycles. The largest absolute Gasteiger partial charge is 0.341 e. The first-order valence-corrected chi connectivity index (χ1v) is 5.89. The van der Waals surface area contributed by atoms with Crippen LogP contribution in [-0.4, -0.2) is 29.6 Å². The number of aromatic nitrogens is 2. The second-order valence-corrected chi connectivity index (χ2v) is 4.50. The summed E-state index contributed by atoms with van der Waals surface area (Å²) in [6, 6.07) is 0. The lowest BCUT2D eigenvalue weighted by Crippen LogP contribution is -2.32. The quantitative estimate of drug-likeness (QED) is 0.886. The first-order valence-electron chi connectivity index (χ1n) is 5.10. The second kappa shape index (κ2) is 6.02. The molecule has 5 heteroatoms. The average molecular weight is 273 g/mol. The molecule has 84 valence electrons. The summed E-state index contributed by atoms with van der Waals surface area (Å²) in [4.78, 5) is 10.7. The first kappa shape index (κ1) is 12.4. The Labute approximate surface area is 99.0 Å². The van der Waals surface area contributed by atoms with Crippen molar-refractivity contribution in [2.45, 2.75) is 13.8 Å². The molecule has 1 aromatic rings. The van der Waals surface area contributed by atoms with Crippen molar-refractivity contribution in [1.82, 2.24) is 9.97 Å². The topological polar surface area (TPSA) is 55.0 Å². The summed E-state index contributed by atoms with van der Waals surface area (Å²) >= 11 is 3.32. The molecule has 0 spiro atoms. The lowest BCUT2D eigenvalue weighted by atomic mass is 10.2. The van der Waals surface area contributed by atoms with E-state index in [4.69, 9.17) is 5.73 Å². The summed E-state index contributed by atoms with van der Waals surface area (Å²) in [5.41, 5.74) is 5.60. The van der Waals surface area contributed by atoms with E-state index in [1.165, 1.54) is 0 Å². The predicted octanol–water partition coefficient (Wildman–Crippen LogP) is 1.66. The summed E-state index contributed by atoms with van der Waals surface area (Å²) in [6.07, 6.45) is 3.52. The molecule has 1 aromatic heterocycles. The van der Waals surface area contributed by atoms with Crippen LogP contribution in [0.3, 0.4) is 0 Å². The minimum absolute atomic E-state index is 0.456. The van der Waals surface area contributed by atoms with E-state index in [1.54, 1.807) is 12.4 Å². The molecule has 0 fully saturated rings. The normalized spacial score (nSPS) is 12.5. The highest BCUT2D eigenvalue weighted by Crippen LogP contribution is 2.12. The number of hydrogen-bond donors (Lipinski definition) is 1. The van der Waals surface area contributed by atoms with Crippen LogP contribution in [-0.2, 0) is 0 Å². The van der Waals surface area contributed by atoms with Gasteiger partial charge in [0.2, 0.25) is 5.95 Å². The van der Waals surface area contributed by atoms with Crippen LogP contribution in [0.15, 0.2) is 16.9 Å². The molecular weight excluding hydrogens is 256 g/mol. The molecule has 15 heavy (non-hydrogen) atoms. The van der Waals surface area contributed by atoms with E-state index in [0.717, 1.165) is 23.5 Å². The molecular formula is C10H17BrN4. The van der Waals surface area contributed by atoms with Crippen LogP contribution in [0.2, 0.25) is 0 Å². The van der Waals surface area contributed by atoms with Gasteiger partial charge in [0.05, 0.1) is 4.47 Å². The van der Waals surface area contributed by atoms with Crippen molar-refractivity contribution in [3.05, 3.63) is 16.9 Å². The Bertz CT molecular complexity index is 288. The van der Waals surface area contributed by atoms with Gasteiger partial charge in [0.25, 0.3) is 0 Å². The third kappa shape index (κ3) is 3.76. The zero-order valence-corrected chi connectivity index (χ0v) is 10.7. The highest BCUT2D eigenvalue weighted by Gasteiger charge is 2.10. The summed E-state index contributed by atoms with van der Waals surface area (Å²) in [5, 5.41) is 0. The maximum Gasteiger partial charge on any atom is 0.225 e. The van der Waals surface area contributed by atoms with Crippen LogP contribution in [0.5, 0.6) is 0 Å². The van der Waals surface area contributed by atoms with Gasteiger partial charge in [0, 0.05) is 25.5 Å². The SMILES string of the molecule is CCN(CC(C)CN)c1ncc(Br)cn1. The van der Waals surface area contributed by atoms with Gasteiger partial charge in [-0.25, -0.2) is 9.97 Å². The maximum absolute atomic E-state index is 5.60. The third-order valence-corrected chi connectivity index (χ3v) is 2.62. The van der Waals surface area contributed by atoms with Gasteiger partial charge in [-0.1, -0.05) is 6.92 Å². The van der Waals surface area contributed by atoms with E-state index in [1.807, 2.05) is 0 Å². The number of halogens is 1. The van der Waals surface area contributed by atoms with Crippen molar-refractivity contribution >= 4 is 21.9 Å². The standard InChI is InChI=1S/C10H17BrN4/c1-3-15(7-8(2)4-12)10-13-5-9(11)6-14-10/h5-6,8H,3-4,7,12H2,1-2H3. The predicted molar refractivity (Wildman–Crippen MR) is 65.8 cm³/mol. The van der Waals surface area contributed by atoms with Crippen molar-refractivity contribution in [1.29, 1.82) is 0 Å². The zero-order valence-electron chi connectivity index (χ0n) is 9.15. The molecule has 0 saturated carbocycles. The van der Waals surface area contributed by atoms with Gasteiger partial charge in [-0.3, -0.25) is 0 Å². The van der Waals surface area contributed by atoms with Crippen LogP contribution in [0.1, 0.15) is 13.8 Å². The Hall–Kier alpha value is -0.680. The van der Waals surface area contributed by atoms with E-state index in [0.29, 0.717) is 12.5 Å². The highest BCUT2D eigenvalue weighted by molar-refractivity contribution is 9.10. The summed E-state index contributed by atoms with van der Waals surface area (Å²) < 4.78 is 0.897. The number of rotatable bonds is 5. The summed E-state index contributed by atoms with van der Waals surface area (Å²) in [5.74, 6) is 1.22. The lowest BCUT2D eigenvalue weighted by Gasteiger charge is -2.23. The lowest BCUT2D eigenvalue weighted by molar-refractivity contribution is 0.569. The van der Waals surface area contributed by atoms with E-state index in [9.17, 15) is 0 Å². The molecule has 4 nitrogen and oxygen atoms in total. The molecule has 0 amide bonds. The third-order valence-electron chi connectivity index (χ3n) is 2.21. The molecule has 0 bridgehead atoms.